The van der Waals surface area contributed by atoms with Gasteiger partial charge in [-0.2, -0.15) is 14.0 Å². The molecule has 0 aliphatic heterocycles. The third-order valence-corrected chi connectivity index (χ3v) is 5.38. The molecule has 1 aromatic heterocycles. The molecule has 0 fully saturated rings. The SMILES string of the molecule is N#Cc1ccc(CC(C(=O)c2ccccc2)=C(C(=O)[O-])c2ccc3nsnc3c2)cc1.[Na+]. The molecule has 0 radical (unpaired) electrons. The minimum atomic E-state index is -1.45. The van der Waals surface area contributed by atoms with E-state index in [0.29, 0.717) is 33.3 Å². The smallest absolute Gasteiger partial charge is 0.545 e. The summed E-state index contributed by atoms with van der Waals surface area (Å²) in [5.74, 6) is -1.85. The van der Waals surface area contributed by atoms with Crippen molar-refractivity contribution in [2.45, 2.75) is 6.42 Å². The third kappa shape index (κ3) is 5.01. The van der Waals surface area contributed by atoms with E-state index in [1.165, 1.54) is 0 Å². The molecule has 0 saturated carbocycles. The zero-order valence-electron chi connectivity index (χ0n) is 17.1. The quantitative estimate of drug-likeness (QED) is 0.237. The van der Waals surface area contributed by atoms with Crippen molar-refractivity contribution >= 4 is 40.1 Å². The molecule has 0 N–H and O–H groups in total. The average Bonchev–Trinajstić information content (AvgIpc) is 3.27. The maximum absolute atomic E-state index is 13.4. The van der Waals surface area contributed by atoms with Gasteiger partial charge in [-0.15, -0.1) is 0 Å². The molecule has 150 valence electrons. The Morgan fingerprint density at radius 3 is 2.25 bits per heavy atom. The molecular formula is C24H14N3NaO3S. The summed E-state index contributed by atoms with van der Waals surface area (Å²) in [5, 5.41) is 21.3. The van der Waals surface area contributed by atoms with Gasteiger partial charge in [-0.1, -0.05) is 48.5 Å². The number of nitriles is 1. The van der Waals surface area contributed by atoms with Gasteiger partial charge in [-0.3, -0.25) is 4.79 Å². The van der Waals surface area contributed by atoms with E-state index in [4.69, 9.17) is 5.26 Å². The van der Waals surface area contributed by atoms with Crippen molar-refractivity contribution in [2.75, 3.05) is 0 Å². The maximum atomic E-state index is 13.4. The average molecular weight is 447 g/mol. The van der Waals surface area contributed by atoms with Gasteiger partial charge in [0.15, 0.2) is 5.78 Å². The molecule has 0 saturated heterocycles. The number of allylic oxidation sites excluding steroid dienone is 1. The standard InChI is InChI=1S/C24H15N3O3S.Na/c25-14-16-8-6-15(7-9-16)12-19(23(28)17-4-2-1-3-5-17)22(24(29)30)18-10-11-20-21(13-18)27-31-26-20;/h1-11,13H,12H2,(H,29,30);/q;+1/p-1. The Morgan fingerprint density at radius 1 is 0.906 bits per heavy atom. The van der Waals surface area contributed by atoms with Crippen LogP contribution in [-0.2, 0) is 11.2 Å². The fourth-order valence-electron chi connectivity index (χ4n) is 3.30. The summed E-state index contributed by atoms with van der Waals surface area (Å²) < 4.78 is 8.30. The summed E-state index contributed by atoms with van der Waals surface area (Å²) in [4.78, 5) is 25.6. The number of carbonyl (C=O) groups is 2. The predicted molar refractivity (Wildman–Crippen MR) is 115 cm³/mol. The summed E-state index contributed by atoms with van der Waals surface area (Å²) in [5.41, 5.74) is 2.99. The first kappa shape index (κ1) is 23.5. The van der Waals surface area contributed by atoms with Crippen LogP contribution in [0.15, 0.2) is 78.4 Å². The Kier molecular flexibility index (Phi) is 7.67. The first-order valence-electron chi connectivity index (χ1n) is 9.33. The van der Waals surface area contributed by atoms with Crippen LogP contribution in [0.3, 0.4) is 0 Å². The summed E-state index contributed by atoms with van der Waals surface area (Å²) in [6, 6.07) is 22.1. The Labute approximate surface area is 210 Å². The Bertz CT molecular complexity index is 1360. The van der Waals surface area contributed by atoms with Crippen molar-refractivity contribution in [1.82, 2.24) is 8.75 Å². The predicted octanol–water partition coefficient (Wildman–Crippen LogP) is 0.196. The van der Waals surface area contributed by atoms with Gasteiger partial charge in [0.1, 0.15) is 11.0 Å². The molecule has 0 bridgehead atoms. The molecule has 8 heteroatoms. The third-order valence-electron chi connectivity index (χ3n) is 4.82. The van der Waals surface area contributed by atoms with E-state index in [1.807, 2.05) is 6.07 Å². The molecule has 4 rings (SSSR count). The van der Waals surface area contributed by atoms with Gasteiger partial charge in [0.25, 0.3) is 0 Å². The van der Waals surface area contributed by atoms with Crippen molar-refractivity contribution in [3.8, 4) is 6.07 Å². The van der Waals surface area contributed by atoms with Gasteiger partial charge in [-0.05, 0) is 35.4 Å². The number of benzene rings is 3. The summed E-state index contributed by atoms with van der Waals surface area (Å²) in [6.07, 6.45) is 0.0656. The molecule has 0 spiro atoms. The van der Waals surface area contributed by atoms with Crippen LogP contribution in [0, 0.1) is 11.3 Å². The molecule has 4 aromatic rings. The van der Waals surface area contributed by atoms with Crippen molar-refractivity contribution in [3.63, 3.8) is 0 Å². The molecule has 0 amide bonds. The fourth-order valence-corrected chi connectivity index (χ4v) is 3.82. The second kappa shape index (κ2) is 10.4. The Morgan fingerprint density at radius 2 is 1.59 bits per heavy atom. The van der Waals surface area contributed by atoms with Gasteiger partial charge in [0, 0.05) is 23.1 Å². The van der Waals surface area contributed by atoms with Crippen LogP contribution in [0.25, 0.3) is 16.6 Å². The summed E-state index contributed by atoms with van der Waals surface area (Å²) in [6.45, 7) is 0. The van der Waals surface area contributed by atoms with Gasteiger partial charge >= 0.3 is 29.6 Å². The molecule has 0 atom stereocenters. The normalized spacial score (nSPS) is 11.2. The minimum Gasteiger partial charge on any atom is -0.545 e. The molecule has 1 heterocycles. The zero-order chi connectivity index (χ0) is 21.8. The second-order valence-corrected chi connectivity index (χ2v) is 7.32. The molecule has 0 aliphatic rings. The van der Waals surface area contributed by atoms with E-state index in [0.717, 1.165) is 11.7 Å². The van der Waals surface area contributed by atoms with E-state index in [1.54, 1.807) is 72.8 Å². The van der Waals surface area contributed by atoms with Crippen LogP contribution in [-0.4, -0.2) is 20.5 Å². The number of carboxylic acids is 1. The fraction of sp³-hybridized carbons (Fsp3) is 0.0417. The summed E-state index contributed by atoms with van der Waals surface area (Å²) >= 11 is 1.03. The number of ketones is 1. The first-order valence-corrected chi connectivity index (χ1v) is 10.1. The van der Waals surface area contributed by atoms with Crippen molar-refractivity contribution in [3.05, 3.63) is 101 Å². The van der Waals surface area contributed by atoms with E-state index in [-0.39, 0.29) is 47.1 Å². The van der Waals surface area contributed by atoms with Gasteiger partial charge < -0.3 is 9.90 Å². The number of nitrogens with zero attached hydrogens (tertiary/aromatic N) is 3. The molecule has 6 nitrogen and oxygen atoms in total. The molecule has 0 unspecified atom stereocenters. The van der Waals surface area contributed by atoms with Gasteiger partial charge in [0.2, 0.25) is 0 Å². The first-order chi connectivity index (χ1) is 15.1. The van der Waals surface area contributed by atoms with Crippen LogP contribution in [0.4, 0.5) is 0 Å². The van der Waals surface area contributed by atoms with E-state index in [9.17, 15) is 14.7 Å². The number of aromatic nitrogens is 2. The Balaban J connectivity index is 0.00000289. The molecule has 0 aliphatic carbocycles. The van der Waals surface area contributed by atoms with Crippen molar-refractivity contribution in [2.24, 2.45) is 0 Å². The number of aliphatic carboxylic acids is 1. The number of rotatable bonds is 6. The van der Waals surface area contributed by atoms with E-state index >= 15 is 0 Å². The number of carbonyl (C=O) groups excluding carboxylic acids is 2. The second-order valence-electron chi connectivity index (χ2n) is 6.79. The van der Waals surface area contributed by atoms with Gasteiger partial charge in [-0.25, -0.2) is 0 Å². The number of Topliss-reactive ketones (excluding diaryl/α,β-unsaturated/α-hetero) is 1. The van der Waals surface area contributed by atoms with Crippen molar-refractivity contribution in [1.29, 1.82) is 5.26 Å². The van der Waals surface area contributed by atoms with Crippen LogP contribution in [0.5, 0.6) is 0 Å². The number of hydrogen-bond acceptors (Lipinski definition) is 7. The van der Waals surface area contributed by atoms with Crippen LogP contribution >= 0.6 is 11.7 Å². The van der Waals surface area contributed by atoms with E-state index in [2.05, 4.69) is 8.75 Å². The number of hydrogen-bond donors (Lipinski definition) is 0. The largest absolute Gasteiger partial charge is 1.00 e. The van der Waals surface area contributed by atoms with Crippen molar-refractivity contribution < 1.29 is 44.3 Å². The van der Waals surface area contributed by atoms with E-state index < -0.39 is 11.8 Å². The molecule has 32 heavy (non-hydrogen) atoms. The van der Waals surface area contributed by atoms with Crippen LogP contribution < -0.4 is 34.7 Å². The van der Waals surface area contributed by atoms with Crippen LogP contribution in [0.2, 0.25) is 0 Å². The van der Waals surface area contributed by atoms with Crippen LogP contribution in [0.1, 0.15) is 27.0 Å². The summed E-state index contributed by atoms with van der Waals surface area (Å²) in [7, 11) is 0. The minimum absolute atomic E-state index is 0. The maximum Gasteiger partial charge on any atom is 1.00 e. The number of fused-ring (bicyclic) bond motifs is 1. The molecular weight excluding hydrogens is 433 g/mol. The Hall–Kier alpha value is -3.15. The number of carboxylic acid groups (broad SMARTS) is 1. The zero-order valence-corrected chi connectivity index (χ0v) is 19.9. The monoisotopic (exact) mass is 447 g/mol. The molecule has 3 aromatic carbocycles. The topological polar surface area (TPSA) is 107 Å². The van der Waals surface area contributed by atoms with Gasteiger partial charge in [0.05, 0.1) is 29.3 Å².